The Hall–Kier alpha value is -3.02. The van der Waals surface area contributed by atoms with Crippen molar-refractivity contribution in [2.75, 3.05) is 13.7 Å². The average molecular weight is 499 g/mol. The van der Waals surface area contributed by atoms with Crippen molar-refractivity contribution in [2.24, 2.45) is 0 Å². The van der Waals surface area contributed by atoms with E-state index in [1.54, 1.807) is 30.2 Å². The van der Waals surface area contributed by atoms with Gasteiger partial charge in [-0.15, -0.1) is 0 Å². The highest BCUT2D eigenvalue weighted by Gasteiger charge is 2.30. The molecule has 7 heteroatoms. The minimum absolute atomic E-state index is 0.0463. The van der Waals surface area contributed by atoms with Crippen molar-refractivity contribution in [3.63, 3.8) is 0 Å². The van der Waals surface area contributed by atoms with E-state index < -0.39 is 6.04 Å². The maximum Gasteiger partial charge on any atom is 0.243 e. The van der Waals surface area contributed by atoms with Gasteiger partial charge in [-0.3, -0.25) is 9.59 Å². The number of likely N-dealkylation sites (N-methyl/N-ethyl adjacent to an activating group) is 1. The standard InChI is InChI=1S/C27H28Cl2N2O3/c1-3-30-27(33)25(15-19-8-5-4-6-9-19)31(18-20-10-7-11-23(14-20)34-2)26(32)16-21-12-13-22(28)17-24(21)29/h4-14,17,25H,3,15-16,18H2,1-2H3,(H,30,33)/t25-/m0/s1. The summed E-state index contributed by atoms with van der Waals surface area (Å²) in [6.45, 7) is 2.57. The van der Waals surface area contributed by atoms with E-state index in [9.17, 15) is 9.59 Å². The quantitative estimate of drug-likeness (QED) is 0.411. The van der Waals surface area contributed by atoms with Crippen LogP contribution < -0.4 is 10.1 Å². The molecule has 0 saturated heterocycles. The van der Waals surface area contributed by atoms with Gasteiger partial charge in [-0.1, -0.05) is 71.7 Å². The van der Waals surface area contributed by atoms with Gasteiger partial charge in [0.15, 0.2) is 0 Å². The zero-order chi connectivity index (χ0) is 24.5. The Morgan fingerprint density at radius 1 is 0.971 bits per heavy atom. The number of halogens is 2. The van der Waals surface area contributed by atoms with Gasteiger partial charge < -0.3 is 15.0 Å². The second-order valence-electron chi connectivity index (χ2n) is 7.89. The SMILES string of the molecule is CCNC(=O)[C@H](Cc1ccccc1)N(Cc1cccc(OC)c1)C(=O)Cc1ccc(Cl)cc1Cl. The third-order valence-electron chi connectivity index (χ3n) is 5.47. The third-order valence-corrected chi connectivity index (χ3v) is 6.05. The first-order valence-electron chi connectivity index (χ1n) is 11.1. The van der Waals surface area contributed by atoms with Crippen LogP contribution in [0.25, 0.3) is 0 Å². The molecule has 1 atom stereocenters. The Morgan fingerprint density at radius 2 is 1.71 bits per heavy atom. The first kappa shape index (κ1) is 25.6. The van der Waals surface area contributed by atoms with E-state index in [2.05, 4.69) is 5.32 Å². The monoisotopic (exact) mass is 498 g/mol. The number of carbonyl (C=O) groups is 2. The van der Waals surface area contributed by atoms with E-state index in [-0.39, 0.29) is 24.8 Å². The number of nitrogens with one attached hydrogen (secondary N) is 1. The van der Waals surface area contributed by atoms with Crippen molar-refractivity contribution in [3.8, 4) is 5.75 Å². The highest BCUT2D eigenvalue weighted by Crippen LogP contribution is 2.24. The van der Waals surface area contributed by atoms with E-state index in [0.29, 0.717) is 34.3 Å². The van der Waals surface area contributed by atoms with Gasteiger partial charge >= 0.3 is 0 Å². The second-order valence-corrected chi connectivity index (χ2v) is 8.73. The van der Waals surface area contributed by atoms with E-state index in [0.717, 1.165) is 11.1 Å². The summed E-state index contributed by atoms with van der Waals surface area (Å²) in [5.74, 6) is 0.271. The maximum absolute atomic E-state index is 13.7. The van der Waals surface area contributed by atoms with Crippen LogP contribution in [0.5, 0.6) is 5.75 Å². The smallest absolute Gasteiger partial charge is 0.243 e. The molecule has 0 spiro atoms. The molecule has 0 aliphatic heterocycles. The summed E-state index contributed by atoms with van der Waals surface area (Å²) in [5.41, 5.74) is 2.48. The molecule has 0 radical (unpaired) electrons. The maximum atomic E-state index is 13.7. The lowest BCUT2D eigenvalue weighted by Gasteiger charge is -2.31. The molecule has 0 saturated carbocycles. The minimum atomic E-state index is -0.702. The first-order chi connectivity index (χ1) is 16.4. The molecule has 0 bridgehead atoms. The topological polar surface area (TPSA) is 58.6 Å². The van der Waals surface area contributed by atoms with Crippen molar-refractivity contribution >= 4 is 35.0 Å². The molecule has 5 nitrogen and oxygen atoms in total. The summed E-state index contributed by atoms with van der Waals surface area (Å²) >= 11 is 12.4. The molecule has 2 amide bonds. The zero-order valence-corrected chi connectivity index (χ0v) is 20.8. The lowest BCUT2D eigenvalue weighted by molar-refractivity contribution is -0.140. The first-order valence-corrected chi connectivity index (χ1v) is 11.8. The third kappa shape index (κ3) is 6.99. The molecule has 0 aliphatic rings. The zero-order valence-electron chi connectivity index (χ0n) is 19.3. The number of carbonyl (C=O) groups excluding carboxylic acids is 2. The number of methoxy groups -OCH3 is 1. The lowest BCUT2D eigenvalue weighted by Crippen LogP contribution is -2.51. The summed E-state index contributed by atoms with van der Waals surface area (Å²) in [4.78, 5) is 28.5. The number of rotatable bonds is 10. The molecule has 3 aromatic rings. The highest BCUT2D eigenvalue weighted by atomic mass is 35.5. The van der Waals surface area contributed by atoms with Crippen LogP contribution in [0.3, 0.4) is 0 Å². The molecule has 3 rings (SSSR count). The van der Waals surface area contributed by atoms with Crippen LogP contribution in [0.15, 0.2) is 72.8 Å². The molecule has 0 heterocycles. The molecule has 3 aromatic carbocycles. The fraction of sp³-hybridized carbons (Fsp3) is 0.259. The van der Waals surface area contributed by atoms with Crippen molar-refractivity contribution in [1.82, 2.24) is 10.2 Å². The molecule has 1 N–H and O–H groups in total. The van der Waals surface area contributed by atoms with Crippen LogP contribution in [-0.2, 0) is 29.0 Å². The number of hydrogen-bond donors (Lipinski definition) is 1. The van der Waals surface area contributed by atoms with Crippen molar-refractivity contribution in [2.45, 2.75) is 32.4 Å². The van der Waals surface area contributed by atoms with Gasteiger partial charge in [0.2, 0.25) is 11.8 Å². The molecule has 0 fully saturated rings. The number of amides is 2. The van der Waals surface area contributed by atoms with Crippen LogP contribution in [0.4, 0.5) is 0 Å². The number of nitrogens with zero attached hydrogens (tertiary/aromatic N) is 1. The number of ether oxygens (including phenoxy) is 1. The van der Waals surface area contributed by atoms with Crippen LogP contribution >= 0.6 is 23.2 Å². The summed E-state index contributed by atoms with van der Waals surface area (Å²) in [6, 6.07) is 21.5. The van der Waals surface area contributed by atoms with Gasteiger partial charge in [0, 0.05) is 29.6 Å². The van der Waals surface area contributed by atoms with Crippen LogP contribution in [-0.4, -0.2) is 36.4 Å². The fourth-order valence-corrected chi connectivity index (χ4v) is 4.22. The van der Waals surface area contributed by atoms with E-state index >= 15 is 0 Å². The Balaban J connectivity index is 1.98. The second kappa shape index (κ2) is 12.4. The Morgan fingerprint density at radius 3 is 2.38 bits per heavy atom. The minimum Gasteiger partial charge on any atom is -0.497 e. The molecule has 0 unspecified atom stereocenters. The summed E-state index contributed by atoms with van der Waals surface area (Å²) in [5, 5.41) is 3.81. The summed E-state index contributed by atoms with van der Waals surface area (Å²) in [6.07, 6.45) is 0.432. The van der Waals surface area contributed by atoms with Crippen LogP contribution in [0.2, 0.25) is 10.0 Å². The van der Waals surface area contributed by atoms with Crippen LogP contribution in [0.1, 0.15) is 23.6 Å². The van der Waals surface area contributed by atoms with Crippen molar-refractivity contribution < 1.29 is 14.3 Å². The number of benzene rings is 3. The highest BCUT2D eigenvalue weighted by molar-refractivity contribution is 6.35. The Kier molecular flexibility index (Phi) is 9.37. The predicted molar refractivity (Wildman–Crippen MR) is 136 cm³/mol. The van der Waals surface area contributed by atoms with Crippen LogP contribution in [0, 0.1) is 0 Å². The summed E-state index contributed by atoms with van der Waals surface area (Å²) < 4.78 is 5.35. The number of hydrogen-bond acceptors (Lipinski definition) is 3. The molecule has 0 aliphatic carbocycles. The summed E-state index contributed by atoms with van der Waals surface area (Å²) in [7, 11) is 1.59. The van der Waals surface area contributed by atoms with Crippen molar-refractivity contribution in [3.05, 3.63) is 99.5 Å². The molecule has 178 valence electrons. The average Bonchev–Trinajstić information content (AvgIpc) is 2.84. The lowest BCUT2D eigenvalue weighted by atomic mass is 10.0. The van der Waals surface area contributed by atoms with Gasteiger partial charge in [0.1, 0.15) is 11.8 Å². The predicted octanol–water partition coefficient (Wildman–Crippen LogP) is 5.32. The fourth-order valence-electron chi connectivity index (χ4n) is 3.74. The van der Waals surface area contributed by atoms with Gasteiger partial charge in [-0.25, -0.2) is 0 Å². The van der Waals surface area contributed by atoms with Gasteiger partial charge in [0.05, 0.1) is 13.5 Å². The molecular formula is C27H28Cl2N2O3. The Bertz CT molecular complexity index is 1120. The van der Waals surface area contributed by atoms with Crippen molar-refractivity contribution in [1.29, 1.82) is 0 Å². The van der Waals surface area contributed by atoms with Gasteiger partial charge in [0.25, 0.3) is 0 Å². The van der Waals surface area contributed by atoms with Gasteiger partial charge in [-0.2, -0.15) is 0 Å². The largest absolute Gasteiger partial charge is 0.497 e. The molecular weight excluding hydrogens is 471 g/mol. The van der Waals surface area contributed by atoms with E-state index in [1.807, 2.05) is 61.5 Å². The Labute approximate surface area is 210 Å². The van der Waals surface area contributed by atoms with E-state index in [4.69, 9.17) is 27.9 Å². The van der Waals surface area contributed by atoms with E-state index in [1.165, 1.54) is 0 Å². The molecule has 34 heavy (non-hydrogen) atoms. The normalized spacial score (nSPS) is 11.5. The molecule has 0 aromatic heterocycles. The van der Waals surface area contributed by atoms with Gasteiger partial charge in [-0.05, 0) is 47.9 Å².